The molecule has 1 unspecified atom stereocenters. The topological polar surface area (TPSA) is 93.6 Å². The zero-order valence-corrected chi connectivity index (χ0v) is 10.5. The summed E-state index contributed by atoms with van der Waals surface area (Å²) in [6.45, 7) is 0. The van der Waals surface area contributed by atoms with Gasteiger partial charge in [0.05, 0.1) is 5.56 Å². The summed E-state index contributed by atoms with van der Waals surface area (Å²) in [6.07, 6.45) is -8.34. The van der Waals surface area contributed by atoms with E-state index in [1.54, 1.807) is 0 Å². The van der Waals surface area contributed by atoms with Crippen LogP contribution < -0.4 is 0 Å². The summed E-state index contributed by atoms with van der Waals surface area (Å²) in [6, 6.07) is 1.72. The maximum Gasteiger partial charge on any atom is 0.432 e. The van der Waals surface area contributed by atoms with Crippen LogP contribution in [0.1, 0.15) is 10.4 Å². The molecular weight excluding hydrogens is 329 g/mol. The van der Waals surface area contributed by atoms with E-state index in [4.69, 9.17) is 4.55 Å². The molecule has 1 aromatic heterocycles. The highest BCUT2D eigenvalue weighted by Crippen LogP contribution is 2.38. The lowest BCUT2D eigenvalue weighted by Gasteiger charge is -2.25. The minimum absolute atomic E-state index is 0.564. The van der Waals surface area contributed by atoms with Crippen LogP contribution in [0.5, 0.6) is 0 Å². The van der Waals surface area contributed by atoms with Crippen LogP contribution in [0.15, 0.2) is 24.5 Å². The number of carbonyl (C=O) groups excluding carboxylic acids is 1. The van der Waals surface area contributed by atoms with Gasteiger partial charge in [0.25, 0.3) is 6.10 Å². The first kappa shape index (κ1) is 17.2. The SMILES string of the molecule is O=C(OC(C(F)(F)F)C(F)(F)S(=O)(=O)O)c1ccncc1. The van der Waals surface area contributed by atoms with Crippen LogP contribution in [-0.4, -0.2) is 41.5 Å². The quantitative estimate of drug-likeness (QED) is 0.511. The molecule has 1 heterocycles. The summed E-state index contributed by atoms with van der Waals surface area (Å²) in [4.78, 5) is 14.7. The molecule has 0 aliphatic carbocycles. The number of rotatable bonds is 4. The lowest BCUT2D eigenvalue weighted by molar-refractivity contribution is -0.248. The molecule has 6 nitrogen and oxygen atoms in total. The second kappa shape index (κ2) is 5.52. The fourth-order valence-corrected chi connectivity index (χ4v) is 1.58. The van der Waals surface area contributed by atoms with Crippen molar-refractivity contribution < 1.29 is 44.5 Å². The number of hydrogen-bond acceptors (Lipinski definition) is 5. The third kappa shape index (κ3) is 3.85. The van der Waals surface area contributed by atoms with Crippen LogP contribution in [0.25, 0.3) is 0 Å². The van der Waals surface area contributed by atoms with Crippen molar-refractivity contribution in [3.8, 4) is 0 Å². The molecule has 1 aromatic rings. The molecule has 0 fully saturated rings. The molecule has 1 rings (SSSR count). The van der Waals surface area contributed by atoms with Gasteiger partial charge in [-0.05, 0) is 12.1 Å². The molecule has 0 aliphatic rings. The Balaban J connectivity index is 3.16. The number of ether oxygens (including phenoxy) is 1. The van der Waals surface area contributed by atoms with Gasteiger partial charge in [-0.1, -0.05) is 0 Å². The summed E-state index contributed by atoms with van der Waals surface area (Å²) >= 11 is 0. The third-order valence-electron chi connectivity index (χ3n) is 2.09. The van der Waals surface area contributed by atoms with Gasteiger partial charge < -0.3 is 4.74 Å². The Labute approximate surface area is 114 Å². The minimum Gasteiger partial charge on any atom is -0.441 e. The number of alkyl halides is 5. The maximum atomic E-state index is 13.1. The Morgan fingerprint density at radius 2 is 1.67 bits per heavy atom. The molecule has 1 atom stereocenters. The van der Waals surface area contributed by atoms with Crippen LogP contribution in [0.3, 0.4) is 0 Å². The Hall–Kier alpha value is -1.82. The van der Waals surface area contributed by atoms with Crippen molar-refractivity contribution >= 4 is 16.1 Å². The Morgan fingerprint density at radius 3 is 2.05 bits per heavy atom. The highest BCUT2D eigenvalue weighted by molar-refractivity contribution is 7.86. The molecule has 0 aromatic carbocycles. The van der Waals surface area contributed by atoms with Crippen LogP contribution in [0, 0.1) is 0 Å². The van der Waals surface area contributed by atoms with Crippen LogP contribution in [0.4, 0.5) is 22.0 Å². The molecule has 0 radical (unpaired) electrons. The van der Waals surface area contributed by atoms with E-state index >= 15 is 0 Å². The van der Waals surface area contributed by atoms with E-state index in [2.05, 4.69) is 9.72 Å². The van der Waals surface area contributed by atoms with E-state index in [0.717, 1.165) is 24.5 Å². The van der Waals surface area contributed by atoms with E-state index in [0.29, 0.717) is 0 Å². The number of esters is 1. The van der Waals surface area contributed by atoms with Gasteiger partial charge in [0, 0.05) is 12.4 Å². The molecular formula is C9H6F5NO5S. The summed E-state index contributed by atoms with van der Waals surface area (Å²) in [5.74, 6) is -1.86. The molecule has 0 bridgehead atoms. The molecule has 0 spiro atoms. The first-order valence-corrected chi connectivity index (χ1v) is 6.34. The fourth-order valence-electron chi connectivity index (χ4n) is 1.12. The molecule has 1 N–H and O–H groups in total. The van der Waals surface area contributed by atoms with Gasteiger partial charge in [-0.3, -0.25) is 9.54 Å². The smallest absolute Gasteiger partial charge is 0.432 e. The maximum absolute atomic E-state index is 13.1. The Kier molecular flexibility index (Phi) is 4.53. The second-order valence-electron chi connectivity index (χ2n) is 3.60. The van der Waals surface area contributed by atoms with Crippen molar-refractivity contribution in [2.45, 2.75) is 17.5 Å². The van der Waals surface area contributed by atoms with Gasteiger partial charge in [-0.2, -0.15) is 30.4 Å². The van der Waals surface area contributed by atoms with Crippen LogP contribution in [-0.2, 0) is 14.9 Å². The van der Waals surface area contributed by atoms with Crippen molar-refractivity contribution in [2.75, 3.05) is 0 Å². The monoisotopic (exact) mass is 335 g/mol. The van der Waals surface area contributed by atoms with Crippen molar-refractivity contribution in [3.63, 3.8) is 0 Å². The van der Waals surface area contributed by atoms with Crippen molar-refractivity contribution in [1.29, 1.82) is 0 Å². The molecule has 118 valence electrons. The number of aromatic nitrogens is 1. The van der Waals surface area contributed by atoms with E-state index in [9.17, 15) is 35.2 Å². The number of carbonyl (C=O) groups is 1. The molecule has 0 amide bonds. The second-order valence-corrected chi connectivity index (χ2v) is 5.09. The Morgan fingerprint density at radius 1 is 1.19 bits per heavy atom. The van der Waals surface area contributed by atoms with Gasteiger partial charge in [-0.25, -0.2) is 4.79 Å². The normalized spacial score (nSPS) is 14.6. The number of hydrogen-bond donors (Lipinski definition) is 1. The zero-order valence-electron chi connectivity index (χ0n) is 9.71. The van der Waals surface area contributed by atoms with Gasteiger partial charge in [0.15, 0.2) is 0 Å². The summed E-state index contributed by atoms with van der Waals surface area (Å²) < 4.78 is 96.1. The van der Waals surface area contributed by atoms with Crippen molar-refractivity contribution in [1.82, 2.24) is 4.98 Å². The third-order valence-corrected chi connectivity index (χ3v) is 2.99. The summed E-state index contributed by atoms with van der Waals surface area (Å²) in [5, 5.41) is -5.76. The van der Waals surface area contributed by atoms with Gasteiger partial charge in [0.1, 0.15) is 0 Å². The number of nitrogens with zero attached hydrogens (tertiary/aromatic N) is 1. The fraction of sp³-hybridized carbons (Fsp3) is 0.333. The zero-order chi connectivity index (χ0) is 16.5. The number of pyridine rings is 1. The van der Waals surface area contributed by atoms with E-state index in [1.807, 2.05) is 0 Å². The van der Waals surface area contributed by atoms with Gasteiger partial charge in [-0.15, -0.1) is 0 Å². The molecule has 12 heteroatoms. The van der Waals surface area contributed by atoms with Crippen molar-refractivity contribution in [3.05, 3.63) is 30.1 Å². The average molecular weight is 335 g/mol. The first-order valence-electron chi connectivity index (χ1n) is 4.90. The molecule has 0 saturated carbocycles. The molecule has 0 saturated heterocycles. The summed E-state index contributed by atoms with van der Waals surface area (Å²) in [5.41, 5.74) is -0.564. The van der Waals surface area contributed by atoms with Gasteiger partial charge in [0.2, 0.25) is 0 Å². The predicted octanol–water partition coefficient (Wildman–Crippen LogP) is 1.65. The van der Waals surface area contributed by atoms with Crippen molar-refractivity contribution in [2.24, 2.45) is 0 Å². The number of halogens is 5. The summed E-state index contributed by atoms with van der Waals surface area (Å²) in [7, 11) is -6.46. The first-order chi connectivity index (χ1) is 9.37. The lowest BCUT2D eigenvalue weighted by Crippen LogP contribution is -2.52. The lowest BCUT2D eigenvalue weighted by atomic mass is 10.2. The molecule has 21 heavy (non-hydrogen) atoms. The van der Waals surface area contributed by atoms with Crippen LogP contribution in [0.2, 0.25) is 0 Å². The average Bonchev–Trinajstić information content (AvgIpc) is 2.33. The van der Waals surface area contributed by atoms with E-state index in [1.165, 1.54) is 0 Å². The standard InChI is InChI=1S/C9H6F5NO5S/c10-8(11,12)7(9(13,14)21(17,18)19)20-6(16)5-1-3-15-4-2-5/h1-4,7H,(H,17,18,19). The minimum atomic E-state index is -6.46. The van der Waals surface area contributed by atoms with Gasteiger partial charge >= 0.3 is 27.5 Å². The van der Waals surface area contributed by atoms with E-state index < -0.39 is 39.2 Å². The van der Waals surface area contributed by atoms with Crippen LogP contribution >= 0.6 is 0 Å². The molecule has 0 aliphatic heterocycles. The predicted molar refractivity (Wildman–Crippen MR) is 56.0 cm³/mol. The highest BCUT2D eigenvalue weighted by atomic mass is 32.2. The highest BCUT2D eigenvalue weighted by Gasteiger charge is 2.66. The van der Waals surface area contributed by atoms with E-state index in [-0.39, 0.29) is 0 Å². The largest absolute Gasteiger partial charge is 0.441 e. The Bertz CT molecular complexity index is 615.